The molecule has 0 aromatic heterocycles. The first-order valence-electron chi connectivity index (χ1n) is 5.61. The van der Waals surface area contributed by atoms with Crippen LogP contribution in [-0.2, 0) is 6.42 Å². The van der Waals surface area contributed by atoms with Crippen LogP contribution in [0.3, 0.4) is 0 Å². The average molecular weight is 220 g/mol. The zero-order chi connectivity index (χ0) is 12.0. The quantitative estimate of drug-likeness (QED) is 0.829. The van der Waals surface area contributed by atoms with Crippen LogP contribution in [0.2, 0.25) is 0 Å². The van der Waals surface area contributed by atoms with Gasteiger partial charge < -0.3 is 10.2 Å². The van der Waals surface area contributed by atoms with Crippen molar-refractivity contribution in [1.29, 1.82) is 0 Å². The first kappa shape index (κ1) is 12.6. The first-order valence-corrected chi connectivity index (χ1v) is 5.61. The fourth-order valence-corrected chi connectivity index (χ4v) is 1.44. The van der Waals surface area contributed by atoms with E-state index < -0.39 is 0 Å². The van der Waals surface area contributed by atoms with Gasteiger partial charge >= 0.3 is 6.03 Å². The number of aryl methyl sites for hydroxylation is 1. The van der Waals surface area contributed by atoms with Gasteiger partial charge in [-0.25, -0.2) is 4.79 Å². The van der Waals surface area contributed by atoms with E-state index in [1.165, 1.54) is 5.56 Å². The van der Waals surface area contributed by atoms with Crippen LogP contribution in [0.25, 0.3) is 0 Å². The van der Waals surface area contributed by atoms with Crippen LogP contribution < -0.4 is 5.32 Å². The molecule has 1 aromatic rings. The third-order valence-corrected chi connectivity index (χ3v) is 2.48. The summed E-state index contributed by atoms with van der Waals surface area (Å²) < 4.78 is 0. The van der Waals surface area contributed by atoms with E-state index in [9.17, 15) is 4.79 Å². The Labute approximate surface area is 97.5 Å². The summed E-state index contributed by atoms with van der Waals surface area (Å²) in [5.74, 6) is 0. The number of carbonyl (C=O) groups excluding carboxylic acids is 1. The highest BCUT2D eigenvalue weighted by molar-refractivity contribution is 5.73. The van der Waals surface area contributed by atoms with E-state index in [2.05, 4.69) is 17.4 Å². The number of hydrogen-bond acceptors (Lipinski definition) is 1. The van der Waals surface area contributed by atoms with Crippen LogP contribution in [0.5, 0.6) is 0 Å². The number of urea groups is 1. The lowest BCUT2D eigenvalue weighted by atomic mass is 10.1. The molecule has 88 valence electrons. The van der Waals surface area contributed by atoms with Crippen LogP contribution in [0.15, 0.2) is 30.3 Å². The molecule has 0 saturated carbocycles. The Morgan fingerprint density at radius 1 is 1.31 bits per heavy atom. The number of benzene rings is 1. The molecule has 2 amide bonds. The van der Waals surface area contributed by atoms with Gasteiger partial charge in [-0.05, 0) is 25.3 Å². The standard InChI is InChI=1S/C13H20N2O/c1-11(14-13(16)15(2)3)9-10-12-7-5-4-6-8-12/h4-8,11H,9-10H2,1-3H3,(H,14,16). The van der Waals surface area contributed by atoms with Gasteiger partial charge in [0.25, 0.3) is 0 Å². The average Bonchev–Trinajstić information content (AvgIpc) is 2.27. The highest BCUT2D eigenvalue weighted by atomic mass is 16.2. The van der Waals surface area contributed by atoms with Gasteiger partial charge in [-0.3, -0.25) is 0 Å². The molecule has 0 fully saturated rings. The van der Waals surface area contributed by atoms with E-state index in [1.807, 2.05) is 25.1 Å². The van der Waals surface area contributed by atoms with E-state index in [0.717, 1.165) is 12.8 Å². The molecule has 0 aliphatic carbocycles. The Morgan fingerprint density at radius 2 is 1.94 bits per heavy atom. The Bertz CT molecular complexity index is 322. The van der Waals surface area contributed by atoms with Crippen LogP contribution in [0.4, 0.5) is 4.79 Å². The molecule has 1 aromatic carbocycles. The van der Waals surface area contributed by atoms with Crippen LogP contribution >= 0.6 is 0 Å². The lowest BCUT2D eigenvalue weighted by Gasteiger charge is -2.17. The third-order valence-electron chi connectivity index (χ3n) is 2.48. The van der Waals surface area contributed by atoms with E-state index >= 15 is 0 Å². The molecule has 0 radical (unpaired) electrons. The van der Waals surface area contributed by atoms with E-state index in [0.29, 0.717) is 0 Å². The van der Waals surface area contributed by atoms with Gasteiger partial charge in [0.15, 0.2) is 0 Å². The Morgan fingerprint density at radius 3 is 2.50 bits per heavy atom. The van der Waals surface area contributed by atoms with Crippen molar-refractivity contribution in [2.45, 2.75) is 25.8 Å². The van der Waals surface area contributed by atoms with Crippen molar-refractivity contribution < 1.29 is 4.79 Å². The normalized spacial score (nSPS) is 11.9. The molecule has 0 bridgehead atoms. The summed E-state index contributed by atoms with van der Waals surface area (Å²) in [6.45, 7) is 2.03. The second-order valence-corrected chi connectivity index (χ2v) is 4.27. The fraction of sp³-hybridized carbons (Fsp3) is 0.462. The van der Waals surface area contributed by atoms with Gasteiger partial charge in [-0.15, -0.1) is 0 Å². The van der Waals surface area contributed by atoms with Gasteiger partial charge in [0.1, 0.15) is 0 Å². The highest BCUT2D eigenvalue weighted by Crippen LogP contribution is 2.04. The second-order valence-electron chi connectivity index (χ2n) is 4.27. The van der Waals surface area contributed by atoms with Crippen LogP contribution in [0.1, 0.15) is 18.9 Å². The molecular formula is C13H20N2O. The van der Waals surface area contributed by atoms with E-state index in [1.54, 1.807) is 19.0 Å². The SMILES string of the molecule is CC(CCc1ccccc1)NC(=O)N(C)C. The maximum Gasteiger partial charge on any atom is 0.317 e. The Kier molecular flexibility index (Phi) is 4.83. The summed E-state index contributed by atoms with van der Waals surface area (Å²) >= 11 is 0. The lowest BCUT2D eigenvalue weighted by Crippen LogP contribution is -2.40. The van der Waals surface area contributed by atoms with Crippen LogP contribution in [-0.4, -0.2) is 31.1 Å². The summed E-state index contributed by atoms with van der Waals surface area (Å²) in [7, 11) is 3.50. The third kappa shape index (κ3) is 4.34. The molecule has 0 aliphatic heterocycles. The fourth-order valence-electron chi connectivity index (χ4n) is 1.44. The van der Waals surface area contributed by atoms with Crippen LogP contribution in [0, 0.1) is 0 Å². The number of hydrogen-bond donors (Lipinski definition) is 1. The lowest BCUT2D eigenvalue weighted by molar-refractivity contribution is 0.213. The minimum absolute atomic E-state index is 0.0273. The van der Waals surface area contributed by atoms with Crippen molar-refractivity contribution in [3.05, 3.63) is 35.9 Å². The topological polar surface area (TPSA) is 32.3 Å². The van der Waals surface area contributed by atoms with Gasteiger partial charge in [-0.1, -0.05) is 30.3 Å². The molecule has 1 unspecified atom stereocenters. The van der Waals surface area contributed by atoms with Crippen molar-refractivity contribution >= 4 is 6.03 Å². The minimum Gasteiger partial charge on any atom is -0.336 e. The number of amides is 2. The molecule has 1 atom stereocenters. The summed E-state index contributed by atoms with van der Waals surface area (Å²) in [6.07, 6.45) is 1.96. The largest absolute Gasteiger partial charge is 0.336 e. The van der Waals surface area contributed by atoms with Crippen molar-refractivity contribution in [3.8, 4) is 0 Å². The van der Waals surface area contributed by atoms with Gasteiger partial charge in [-0.2, -0.15) is 0 Å². The Balaban J connectivity index is 2.30. The molecular weight excluding hydrogens is 200 g/mol. The molecule has 0 heterocycles. The Hall–Kier alpha value is -1.51. The first-order chi connectivity index (χ1) is 7.59. The predicted molar refractivity (Wildman–Crippen MR) is 66.4 cm³/mol. The number of nitrogens with zero attached hydrogens (tertiary/aromatic N) is 1. The van der Waals surface area contributed by atoms with E-state index in [4.69, 9.17) is 0 Å². The summed E-state index contributed by atoms with van der Waals surface area (Å²) in [5, 5.41) is 2.94. The van der Waals surface area contributed by atoms with Gasteiger partial charge in [0.05, 0.1) is 0 Å². The minimum atomic E-state index is -0.0273. The maximum absolute atomic E-state index is 11.4. The molecule has 0 aliphatic rings. The maximum atomic E-state index is 11.4. The van der Waals surface area contributed by atoms with Gasteiger partial charge in [0, 0.05) is 20.1 Å². The summed E-state index contributed by atoms with van der Waals surface area (Å²) in [5.41, 5.74) is 1.31. The van der Waals surface area contributed by atoms with Crippen molar-refractivity contribution in [1.82, 2.24) is 10.2 Å². The molecule has 0 spiro atoms. The van der Waals surface area contributed by atoms with E-state index in [-0.39, 0.29) is 12.1 Å². The smallest absolute Gasteiger partial charge is 0.317 e. The summed E-state index contributed by atoms with van der Waals surface area (Å²) in [4.78, 5) is 12.9. The zero-order valence-electron chi connectivity index (χ0n) is 10.2. The monoisotopic (exact) mass is 220 g/mol. The molecule has 16 heavy (non-hydrogen) atoms. The molecule has 1 N–H and O–H groups in total. The number of nitrogens with one attached hydrogen (secondary N) is 1. The number of carbonyl (C=O) groups is 1. The molecule has 3 heteroatoms. The highest BCUT2D eigenvalue weighted by Gasteiger charge is 2.08. The second kappa shape index (κ2) is 6.16. The molecule has 0 saturated heterocycles. The number of rotatable bonds is 4. The predicted octanol–water partition coefficient (Wildman–Crippen LogP) is 2.28. The molecule has 1 rings (SSSR count). The van der Waals surface area contributed by atoms with Gasteiger partial charge in [0.2, 0.25) is 0 Å². The summed E-state index contributed by atoms with van der Waals surface area (Å²) in [6, 6.07) is 10.5. The molecule has 3 nitrogen and oxygen atoms in total. The zero-order valence-corrected chi connectivity index (χ0v) is 10.2. The van der Waals surface area contributed by atoms with Crippen molar-refractivity contribution in [3.63, 3.8) is 0 Å². The van der Waals surface area contributed by atoms with Crippen molar-refractivity contribution in [2.75, 3.05) is 14.1 Å². The van der Waals surface area contributed by atoms with Crippen molar-refractivity contribution in [2.24, 2.45) is 0 Å².